The van der Waals surface area contributed by atoms with Crippen LogP contribution < -0.4 is 5.32 Å². The van der Waals surface area contributed by atoms with E-state index in [9.17, 15) is 8.78 Å². The van der Waals surface area contributed by atoms with Gasteiger partial charge in [0.15, 0.2) is 0 Å². The second-order valence-electron chi connectivity index (χ2n) is 5.96. The fraction of sp³-hybridized carbons (Fsp3) is 0.400. The number of halogens is 2. The lowest BCUT2D eigenvalue weighted by molar-refractivity contribution is 0.424. The molecule has 5 heteroatoms. The summed E-state index contributed by atoms with van der Waals surface area (Å²) in [6.07, 6.45) is 1.63. The minimum atomic E-state index is -0.454. The minimum absolute atomic E-state index is 0.0639. The van der Waals surface area contributed by atoms with Crippen LogP contribution in [0.3, 0.4) is 0 Å². The van der Waals surface area contributed by atoms with E-state index in [0.717, 1.165) is 5.56 Å². The summed E-state index contributed by atoms with van der Waals surface area (Å²) in [5.74, 6) is -0.879. The molecule has 0 aliphatic heterocycles. The Bertz CT molecular complexity index is 612. The largest absolute Gasteiger partial charge is 0.308 e. The molecule has 0 spiro atoms. The molecule has 1 heterocycles. The molecule has 0 saturated heterocycles. The van der Waals surface area contributed by atoms with Crippen LogP contribution in [0.2, 0.25) is 0 Å². The average molecular weight is 279 g/mol. The van der Waals surface area contributed by atoms with Crippen molar-refractivity contribution in [3.8, 4) is 11.3 Å². The zero-order valence-electron chi connectivity index (χ0n) is 12.1. The number of aryl methyl sites for hydroxylation is 1. The first-order valence-corrected chi connectivity index (χ1v) is 6.51. The summed E-state index contributed by atoms with van der Waals surface area (Å²) in [7, 11) is 0. The first-order chi connectivity index (χ1) is 9.28. The number of nitrogens with zero attached hydrogens (tertiary/aromatic N) is 1. The van der Waals surface area contributed by atoms with Crippen LogP contribution in [0.5, 0.6) is 0 Å². The third-order valence-electron chi connectivity index (χ3n) is 3.04. The zero-order valence-corrected chi connectivity index (χ0v) is 12.1. The molecule has 0 amide bonds. The van der Waals surface area contributed by atoms with Crippen LogP contribution in [-0.2, 0) is 6.54 Å². The van der Waals surface area contributed by atoms with Gasteiger partial charge in [0.05, 0.1) is 11.9 Å². The van der Waals surface area contributed by atoms with Gasteiger partial charge in [-0.25, -0.2) is 8.78 Å². The van der Waals surface area contributed by atoms with Crippen molar-refractivity contribution in [2.75, 3.05) is 0 Å². The standard InChI is InChI=1S/C15H19F2N3/c1-9-5-13(17)11(6-12(9)16)14-10(8-19-20-14)7-18-15(2,3)4/h5-6,8,18H,7H2,1-4H3,(H,19,20). The van der Waals surface area contributed by atoms with Crippen LogP contribution in [0, 0.1) is 18.6 Å². The van der Waals surface area contributed by atoms with E-state index in [-0.39, 0.29) is 11.1 Å². The molecule has 20 heavy (non-hydrogen) atoms. The van der Waals surface area contributed by atoms with Crippen LogP contribution in [0.4, 0.5) is 8.78 Å². The van der Waals surface area contributed by atoms with Crippen molar-refractivity contribution < 1.29 is 8.78 Å². The van der Waals surface area contributed by atoms with Gasteiger partial charge in [-0.3, -0.25) is 5.10 Å². The van der Waals surface area contributed by atoms with E-state index in [1.807, 2.05) is 20.8 Å². The van der Waals surface area contributed by atoms with E-state index >= 15 is 0 Å². The van der Waals surface area contributed by atoms with Crippen molar-refractivity contribution in [3.05, 3.63) is 41.1 Å². The summed E-state index contributed by atoms with van der Waals surface area (Å²) in [5.41, 5.74) is 1.75. The highest BCUT2D eigenvalue weighted by atomic mass is 19.1. The van der Waals surface area contributed by atoms with Gasteiger partial charge in [-0.1, -0.05) is 0 Å². The van der Waals surface area contributed by atoms with Gasteiger partial charge in [0.25, 0.3) is 0 Å². The van der Waals surface area contributed by atoms with E-state index in [1.54, 1.807) is 6.20 Å². The van der Waals surface area contributed by atoms with Gasteiger partial charge >= 0.3 is 0 Å². The molecule has 2 N–H and O–H groups in total. The minimum Gasteiger partial charge on any atom is -0.308 e. The Morgan fingerprint density at radius 2 is 1.90 bits per heavy atom. The molecule has 0 aliphatic carbocycles. The van der Waals surface area contributed by atoms with Gasteiger partial charge in [0.1, 0.15) is 11.6 Å². The maximum absolute atomic E-state index is 14.0. The molecule has 2 aromatic rings. The topological polar surface area (TPSA) is 40.7 Å². The third-order valence-corrected chi connectivity index (χ3v) is 3.04. The SMILES string of the molecule is Cc1cc(F)c(-c2[nH]ncc2CNC(C)(C)C)cc1F. The van der Waals surface area contributed by atoms with Crippen molar-refractivity contribution >= 4 is 0 Å². The van der Waals surface area contributed by atoms with Crippen LogP contribution in [-0.4, -0.2) is 15.7 Å². The maximum Gasteiger partial charge on any atom is 0.133 e. The molecule has 0 unspecified atom stereocenters. The number of hydrogen-bond acceptors (Lipinski definition) is 2. The number of nitrogens with one attached hydrogen (secondary N) is 2. The third kappa shape index (κ3) is 3.22. The Morgan fingerprint density at radius 1 is 1.20 bits per heavy atom. The summed E-state index contributed by atoms with van der Waals surface area (Å²) in [4.78, 5) is 0. The predicted molar refractivity (Wildman–Crippen MR) is 75.3 cm³/mol. The normalized spacial score (nSPS) is 11.9. The molecule has 2 rings (SSSR count). The Kier molecular flexibility index (Phi) is 3.90. The van der Waals surface area contributed by atoms with Gasteiger partial charge in [-0.05, 0) is 45.4 Å². The van der Waals surface area contributed by atoms with Crippen LogP contribution in [0.15, 0.2) is 18.3 Å². The van der Waals surface area contributed by atoms with Crippen LogP contribution in [0.1, 0.15) is 31.9 Å². The van der Waals surface area contributed by atoms with Gasteiger partial charge in [0.2, 0.25) is 0 Å². The summed E-state index contributed by atoms with van der Waals surface area (Å²) in [6, 6.07) is 2.41. The van der Waals surface area contributed by atoms with Crippen molar-refractivity contribution in [2.24, 2.45) is 0 Å². The van der Waals surface area contributed by atoms with E-state index in [0.29, 0.717) is 17.8 Å². The van der Waals surface area contributed by atoms with Crippen molar-refractivity contribution in [1.29, 1.82) is 0 Å². The van der Waals surface area contributed by atoms with Crippen LogP contribution >= 0.6 is 0 Å². The zero-order chi connectivity index (χ0) is 14.9. The molecule has 0 radical (unpaired) electrons. The second kappa shape index (κ2) is 5.32. The number of aromatic amines is 1. The van der Waals surface area contributed by atoms with E-state index in [2.05, 4.69) is 15.5 Å². The molecule has 0 atom stereocenters. The Morgan fingerprint density at radius 3 is 2.55 bits per heavy atom. The van der Waals surface area contributed by atoms with E-state index < -0.39 is 11.6 Å². The molecule has 0 fully saturated rings. The summed E-state index contributed by atoms with van der Waals surface area (Å²) < 4.78 is 27.7. The molecular weight excluding hydrogens is 260 g/mol. The molecule has 0 bridgehead atoms. The first-order valence-electron chi connectivity index (χ1n) is 6.51. The number of aromatic nitrogens is 2. The lowest BCUT2D eigenvalue weighted by Gasteiger charge is -2.20. The fourth-order valence-corrected chi connectivity index (χ4v) is 1.88. The lowest BCUT2D eigenvalue weighted by Crippen LogP contribution is -2.35. The summed E-state index contributed by atoms with van der Waals surface area (Å²) >= 11 is 0. The monoisotopic (exact) mass is 279 g/mol. The Balaban J connectivity index is 2.35. The summed E-state index contributed by atoms with van der Waals surface area (Å²) in [6.45, 7) is 8.19. The average Bonchev–Trinajstić information content (AvgIpc) is 2.78. The van der Waals surface area contributed by atoms with Gasteiger partial charge in [0, 0.05) is 23.2 Å². The highest BCUT2D eigenvalue weighted by Gasteiger charge is 2.16. The molecule has 3 nitrogen and oxygen atoms in total. The predicted octanol–water partition coefficient (Wildman–Crippen LogP) is 3.55. The van der Waals surface area contributed by atoms with Crippen molar-refractivity contribution in [2.45, 2.75) is 39.8 Å². The van der Waals surface area contributed by atoms with Gasteiger partial charge in [-0.2, -0.15) is 5.10 Å². The highest BCUT2D eigenvalue weighted by Crippen LogP contribution is 2.26. The molecule has 0 saturated carbocycles. The molecule has 0 aliphatic rings. The number of benzene rings is 1. The van der Waals surface area contributed by atoms with Gasteiger partial charge in [-0.15, -0.1) is 0 Å². The van der Waals surface area contributed by atoms with E-state index in [1.165, 1.54) is 19.1 Å². The molecule has 1 aromatic carbocycles. The van der Waals surface area contributed by atoms with E-state index in [4.69, 9.17) is 0 Å². The Hall–Kier alpha value is -1.75. The first kappa shape index (κ1) is 14.7. The van der Waals surface area contributed by atoms with Crippen LogP contribution in [0.25, 0.3) is 11.3 Å². The number of hydrogen-bond donors (Lipinski definition) is 2. The smallest absolute Gasteiger partial charge is 0.133 e. The quantitative estimate of drug-likeness (QED) is 0.902. The Labute approximate surface area is 117 Å². The molecule has 108 valence electrons. The fourth-order valence-electron chi connectivity index (χ4n) is 1.88. The second-order valence-corrected chi connectivity index (χ2v) is 5.96. The van der Waals surface area contributed by atoms with Crippen molar-refractivity contribution in [1.82, 2.24) is 15.5 Å². The molecule has 1 aromatic heterocycles. The summed E-state index contributed by atoms with van der Waals surface area (Å²) in [5, 5.41) is 9.99. The number of rotatable bonds is 3. The maximum atomic E-state index is 14.0. The highest BCUT2D eigenvalue weighted by molar-refractivity contribution is 5.64. The van der Waals surface area contributed by atoms with Crippen molar-refractivity contribution in [3.63, 3.8) is 0 Å². The lowest BCUT2D eigenvalue weighted by atomic mass is 10.0. The molecular formula is C15H19F2N3. The van der Waals surface area contributed by atoms with Gasteiger partial charge < -0.3 is 5.32 Å². The number of H-pyrrole nitrogens is 1.